The summed E-state index contributed by atoms with van der Waals surface area (Å²) in [6.45, 7) is 4.09. The van der Waals surface area contributed by atoms with Crippen molar-refractivity contribution >= 4 is 17.2 Å². The molecule has 82 valence electrons. The van der Waals surface area contributed by atoms with Crippen molar-refractivity contribution in [2.24, 2.45) is 5.73 Å². The maximum absolute atomic E-state index is 11.4. The molecule has 0 aliphatic heterocycles. The number of amides is 1. The summed E-state index contributed by atoms with van der Waals surface area (Å²) >= 11 is 1.71. The van der Waals surface area contributed by atoms with Crippen molar-refractivity contribution in [3.8, 4) is 0 Å². The Bertz CT molecular complexity index is 382. The van der Waals surface area contributed by atoms with E-state index in [4.69, 9.17) is 5.73 Å². The van der Waals surface area contributed by atoms with Crippen LogP contribution in [0, 0.1) is 13.8 Å². The summed E-state index contributed by atoms with van der Waals surface area (Å²) in [4.78, 5) is 13.8. The van der Waals surface area contributed by atoms with Gasteiger partial charge in [0.05, 0.1) is 0 Å². The van der Waals surface area contributed by atoms with Crippen LogP contribution >= 0.6 is 11.3 Å². The first-order valence-corrected chi connectivity index (χ1v) is 6.02. The average Bonchev–Trinajstić information content (AvgIpc) is 2.88. The van der Waals surface area contributed by atoms with E-state index in [9.17, 15) is 4.79 Å². The summed E-state index contributed by atoms with van der Waals surface area (Å²) in [6, 6.07) is 2.25. The molecule has 0 saturated heterocycles. The highest BCUT2D eigenvalue weighted by molar-refractivity contribution is 7.12. The largest absolute Gasteiger partial charge is 0.368 e. The fourth-order valence-corrected chi connectivity index (χ4v) is 2.71. The molecule has 0 radical (unpaired) electrons. The van der Waals surface area contributed by atoms with Crippen molar-refractivity contribution in [2.75, 3.05) is 0 Å². The summed E-state index contributed by atoms with van der Waals surface area (Å²) in [5.74, 6) is -0.275. The van der Waals surface area contributed by atoms with Crippen LogP contribution in [-0.4, -0.2) is 11.9 Å². The fourth-order valence-electron chi connectivity index (χ4n) is 1.75. The van der Waals surface area contributed by atoms with Crippen LogP contribution in [0.5, 0.6) is 0 Å². The predicted molar refractivity (Wildman–Crippen MR) is 61.9 cm³/mol. The minimum atomic E-state index is -0.303. The molecule has 3 N–H and O–H groups in total. The van der Waals surface area contributed by atoms with Crippen LogP contribution in [-0.2, 0) is 4.79 Å². The van der Waals surface area contributed by atoms with Gasteiger partial charge in [-0.2, -0.15) is 0 Å². The van der Waals surface area contributed by atoms with Gasteiger partial charge in [-0.1, -0.05) is 0 Å². The number of nitrogens with two attached hydrogens (primary N) is 1. The molecule has 1 saturated carbocycles. The van der Waals surface area contributed by atoms with E-state index in [1.54, 1.807) is 11.3 Å². The molecular weight excluding hydrogens is 208 g/mol. The molecule has 0 aromatic carbocycles. The van der Waals surface area contributed by atoms with Gasteiger partial charge < -0.3 is 5.73 Å². The second-order valence-electron chi connectivity index (χ2n) is 4.14. The number of rotatable bonds is 4. The lowest BCUT2D eigenvalue weighted by Crippen LogP contribution is -2.35. The standard InChI is InChI=1S/C11H16N2OS/c1-6-5-9(7(2)15-6)10(11(12)14)13-8-3-4-8/h5,8,10,13H,3-4H2,1-2H3,(H2,12,14). The van der Waals surface area contributed by atoms with Crippen LogP contribution in [0.4, 0.5) is 0 Å². The van der Waals surface area contributed by atoms with E-state index in [0.717, 1.165) is 18.4 Å². The summed E-state index contributed by atoms with van der Waals surface area (Å²) < 4.78 is 0. The molecule has 1 heterocycles. The van der Waals surface area contributed by atoms with Crippen LogP contribution in [0.3, 0.4) is 0 Å². The van der Waals surface area contributed by atoms with Crippen LogP contribution in [0.2, 0.25) is 0 Å². The van der Waals surface area contributed by atoms with Gasteiger partial charge in [0, 0.05) is 15.8 Å². The minimum absolute atomic E-state index is 0.275. The van der Waals surface area contributed by atoms with E-state index >= 15 is 0 Å². The zero-order chi connectivity index (χ0) is 11.0. The molecule has 1 aromatic rings. The Hall–Kier alpha value is -0.870. The number of carbonyl (C=O) groups is 1. The number of thiophene rings is 1. The molecule has 0 bridgehead atoms. The topological polar surface area (TPSA) is 55.1 Å². The Kier molecular flexibility index (Phi) is 2.80. The van der Waals surface area contributed by atoms with Gasteiger partial charge in [-0.3, -0.25) is 10.1 Å². The Morgan fingerprint density at radius 2 is 2.27 bits per heavy atom. The number of nitrogens with one attached hydrogen (secondary N) is 1. The highest BCUT2D eigenvalue weighted by Crippen LogP contribution is 2.29. The highest BCUT2D eigenvalue weighted by Gasteiger charge is 2.29. The Labute approximate surface area is 93.7 Å². The number of aryl methyl sites for hydroxylation is 2. The third kappa shape index (κ3) is 2.38. The molecule has 1 aliphatic carbocycles. The van der Waals surface area contributed by atoms with Gasteiger partial charge in [-0.05, 0) is 38.3 Å². The van der Waals surface area contributed by atoms with Gasteiger partial charge >= 0.3 is 0 Å². The Morgan fingerprint density at radius 3 is 2.67 bits per heavy atom. The molecule has 4 heteroatoms. The van der Waals surface area contributed by atoms with Crippen LogP contribution in [0.25, 0.3) is 0 Å². The molecular formula is C11H16N2OS. The maximum Gasteiger partial charge on any atom is 0.239 e. The first-order valence-electron chi connectivity index (χ1n) is 5.20. The predicted octanol–water partition coefficient (Wildman–Crippen LogP) is 1.64. The first-order chi connectivity index (χ1) is 7.08. The van der Waals surface area contributed by atoms with Crippen molar-refractivity contribution in [1.82, 2.24) is 5.32 Å². The first kappa shape index (κ1) is 10.6. The van der Waals surface area contributed by atoms with Gasteiger partial charge in [0.2, 0.25) is 5.91 Å². The Balaban J connectivity index is 2.22. The molecule has 1 unspecified atom stereocenters. The average molecular weight is 224 g/mol. The normalized spacial score (nSPS) is 17.7. The van der Waals surface area contributed by atoms with Crippen LogP contribution < -0.4 is 11.1 Å². The molecule has 1 aliphatic rings. The number of carbonyl (C=O) groups excluding carboxylic acids is 1. The van der Waals surface area contributed by atoms with Gasteiger partial charge in [0.15, 0.2) is 0 Å². The van der Waals surface area contributed by atoms with Gasteiger partial charge in [0.25, 0.3) is 0 Å². The number of hydrogen-bond acceptors (Lipinski definition) is 3. The van der Waals surface area contributed by atoms with Crippen LogP contribution in [0.1, 0.15) is 34.2 Å². The zero-order valence-electron chi connectivity index (χ0n) is 9.04. The minimum Gasteiger partial charge on any atom is -0.368 e. The van der Waals surface area contributed by atoms with Gasteiger partial charge in [-0.25, -0.2) is 0 Å². The second-order valence-corrected chi connectivity index (χ2v) is 5.61. The zero-order valence-corrected chi connectivity index (χ0v) is 9.86. The summed E-state index contributed by atoms with van der Waals surface area (Å²) in [5.41, 5.74) is 6.48. The maximum atomic E-state index is 11.4. The summed E-state index contributed by atoms with van der Waals surface area (Å²) in [6.07, 6.45) is 2.32. The summed E-state index contributed by atoms with van der Waals surface area (Å²) in [5, 5.41) is 3.29. The van der Waals surface area contributed by atoms with Crippen molar-refractivity contribution in [3.05, 3.63) is 21.4 Å². The van der Waals surface area contributed by atoms with Crippen molar-refractivity contribution in [2.45, 2.75) is 38.8 Å². The molecule has 1 fully saturated rings. The molecule has 3 nitrogen and oxygen atoms in total. The Morgan fingerprint density at radius 1 is 1.60 bits per heavy atom. The van der Waals surface area contributed by atoms with Gasteiger partial charge in [0.1, 0.15) is 6.04 Å². The highest BCUT2D eigenvalue weighted by atomic mass is 32.1. The van der Waals surface area contributed by atoms with E-state index < -0.39 is 0 Å². The third-order valence-electron chi connectivity index (χ3n) is 2.65. The van der Waals surface area contributed by atoms with Crippen LogP contribution in [0.15, 0.2) is 6.07 Å². The van der Waals surface area contributed by atoms with Crippen molar-refractivity contribution in [3.63, 3.8) is 0 Å². The van der Waals surface area contributed by atoms with E-state index in [-0.39, 0.29) is 11.9 Å². The molecule has 2 rings (SSSR count). The number of hydrogen-bond donors (Lipinski definition) is 2. The SMILES string of the molecule is Cc1cc(C(NC2CC2)C(N)=O)c(C)s1. The monoisotopic (exact) mass is 224 g/mol. The quantitative estimate of drug-likeness (QED) is 0.817. The summed E-state index contributed by atoms with van der Waals surface area (Å²) in [7, 11) is 0. The number of primary amides is 1. The lowest BCUT2D eigenvalue weighted by Gasteiger charge is -2.14. The second kappa shape index (κ2) is 3.94. The molecule has 15 heavy (non-hydrogen) atoms. The molecule has 0 spiro atoms. The van der Waals surface area contributed by atoms with E-state index in [1.165, 1.54) is 9.75 Å². The van der Waals surface area contributed by atoms with E-state index in [2.05, 4.69) is 18.3 Å². The van der Waals surface area contributed by atoms with E-state index in [1.807, 2.05) is 6.92 Å². The lowest BCUT2D eigenvalue weighted by molar-refractivity contribution is -0.120. The smallest absolute Gasteiger partial charge is 0.239 e. The van der Waals surface area contributed by atoms with Gasteiger partial charge in [-0.15, -0.1) is 11.3 Å². The van der Waals surface area contributed by atoms with Crippen molar-refractivity contribution < 1.29 is 4.79 Å². The third-order valence-corrected chi connectivity index (χ3v) is 3.64. The molecule has 1 amide bonds. The molecule has 1 aromatic heterocycles. The van der Waals surface area contributed by atoms with Crippen molar-refractivity contribution in [1.29, 1.82) is 0 Å². The lowest BCUT2D eigenvalue weighted by atomic mass is 10.1. The molecule has 1 atom stereocenters. The van der Waals surface area contributed by atoms with E-state index in [0.29, 0.717) is 6.04 Å². The fraction of sp³-hybridized carbons (Fsp3) is 0.545.